The molecule has 0 saturated carbocycles. The monoisotopic (exact) mass is 292 g/mol. The van der Waals surface area contributed by atoms with E-state index in [0.717, 1.165) is 11.3 Å². The first kappa shape index (κ1) is 14.3. The van der Waals surface area contributed by atoms with Crippen LogP contribution in [0.3, 0.4) is 0 Å². The van der Waals surface area contributed by atoms with Crippen LogP contribution in [0.5, 0.6) is 0 Å². The van der Waals surface area contributed by atoms with E-state index in [-0.39, 0.29) is 0 Å². The van der Waals surface area contributed by atoms with Gasteiger partial charge in [0, 0.05) is 5.69 Å². The van der Waals surface area contributed by atoms with Gasteiger partial charge in [-0.1, -0.05) is 23.7 Å². The summed E-state index contributed by atoms with van der Waals surface area (Å²) in [5.74, 6) is -0.484. The van der Waals surface area contributed by atoms with Crippen molar-refractivity contribution in [2.45, 2.75) is 13.5 Å². The molecule has 0 N–H and O–H groups in total. The summed E-state index contributed by atoms with van der Waals surface area (Å²) in [5.41, 5.74) is 2.25. The standard InChI is InChI=1S/C14H13ClN2O3/c1-9-6-11(8-18)16-17(9)7-10-4-3-5-12(13(10)15)14(19)20-2/h3-6,8H,7H2,1-2H3. The molecule has 1 aromatic carbocycles. The minimum absolute atomic E-state index is 0.312. The van der Waals surface area contributed by atoms with Gasteiger partial charge in [0.15, 0.2) is 6.29 Å². The molecule has 0 fully saturated rings. The number of aromatic nitrogens is 2. The molecule has 1 heterocycles. The van der Waals surface area contributed by atoms with Crippen molar-refractivity contribution in [2.24, 2.45) is 0 Å². The Balaban J connectivity index is 2.36. The second-order valence-corrected chi connectivity index (χ2v) is 4.63. The van der Waals surface area contributed by atoms with Gasteiger partial charge in [-0.2, -0.15) is 5.10 Å². The van der Waals surface area contributed by atoms with E-state index in [0.29, 0.717) is 29.1 Å². The molecule has 0 aliphatic carbocycles. The number of carbonyl (C=O) groups excluding carboxylic acids is 2. The summed E-state index contributed by atoms with van der Waals surface area (Å²) in [4.78, 5) is 22.3. The highest BCUT2D eigenvalue weighted by molar-refractivity contribution is 6.34. The van der Waals surface area contributed by atoms with E-state index in [9.17, 15) is 9.59 Å². The highest BCUT2D eigenvalue weighted by Gasteiger charge is 2.14. The summed E-state index contributed by atoms with van der Waals surface area (Å²) in [7, 11) is 1.30. The van der Waals surface area contributed by atoms with Crippen LogP contribution in [-0.2, 0) is 11.3 Å². The van der Waals surface area contributed by atoms with E-state index in [1.807, 2.05) is 6.92 Å². The zero-order valence-electron chi connectivity index (χ0n) is 11.1. The van der Waals surface area contributed by atoms with Crippen molar-refractivity contribution in [1.29, 1.82) is 0 Å². The summed E-state index contributed by atoms with van der Waals surface area (Å²) in [6, 6.07) is 6.82. The van der Waals surface area contributed by atoms with Crippen LogP contribution in [-0.4, -0.2) is 29.1 Å². The average Bonchev–Trinajstić information content (AvgIpc) is 2.81. The van der Waals surface area contributed by atoms with Crippen LogP contribution in [0.1, 0.15) is 32.1 Å². The summed E-state index contributed by atoms with van der Waals surface area (Å²) in [5, 5.41) is 4.47. The van der Waals surface area contributed by atoms with E-state index in [1.165, 1.54) is 7.11 Å². The van der Waals surface area contributed by atoms with E-state index < -0.39 is 5.97 Å². The molecule has 0 atom stereocenters. The Morgan fingerprint density at radius 2 is 2.25 bits per heavy atom. The number of aryl methyl sites for hydroxylation is 1. The van der Waals surface area contributed by atoms with Gasteiger partial charge in [0.1, 0.15) is 5.69 Å². The number of nitrogens with zero attached hydrogens (tertiary/aromatic N) is 2. The molecule has 20 heavy (non-hydrogen) atoms. The van der Waals surface area contributed by atoms with E-state index >= 15 is 0 Å². The predicted molar refractivity (Wildman–Crippen MR) is 74.2 cm³/mol. The van der Waals surface area contributed by atoms with Crippen LogP contribution in [0.4, 0.5) is 0 Å². The first-order chi connectivity index (χ1) is 9.56. The number of ether oxygens (including phenoxy) is 1. The molecule has 0 radical (unpaired) electrons. The maximum Gasteiger partial charge on any atom is 0.339 e. The van der Waals surface area contributed by atoms with Crippen LogP contribution in [0.2, 0.25) is 5.02 Å². The molecule has 5 nitrogen and oxygen atoms in total. The average molecular weight is 293 g/mol. The summed E-state index contributed by atoms with van der Waals surface area (Å²) >= 11 is 6.21. The number of benzene rings is 1. The lowest BCUT2D eigenvalue weighted by Gasteiger charge is -2.09. The Bertz CT molecular complexity index is 664. The lowest BCUT2D eigenvalue weighted by atomic mass is 10.1. The fourth-order valence-electron chi connectivity index (χ4n) is 1.88. The van der Waals surface area contributed by atoms with Gasteiger partial charge in [0.25, 0.3) is 0 Å². The van der Waals surface area contributed by atoms with Crippen molar-refractivity contribution < 1.29 is 14.3 Å². The Hall–Kier alpha value is -2.14. The van der Waals surface area contributed by atoms with Crippen molar-refractivity contribution in [3.05, 3.63) is 51.8 Å². The molecule has 2 aromatic rings. The molecule has 0 amide bonds. The third kappa shape index (κ3) is 2.72. The Kier molecular flexibility index (Phi) is 4.20. The molecule has 104 valence electrons. The van der Waals surface area contributed by atoms with Crippen molar-refractivity contribution in [3.63, 3.8) is 0 Å². The minimum atomic E-state index is -0.484. The molecule has 0 bridgehead atoms. The quantitative estimate of drug-likeness (QED) is 0.641. The SMILES string of the molecule is COC(=O)c1cccc(Cn2nc(C=O)cc2C)c1Cl. The molecule has 0 aliphatic rings. The topological polar surface area (TPSA) is 61.2 Å². The number of aldehydes is 1. The van der Waals surface area contributed by atoms with Crippen LogP contribution in [0, 0.1) is 6.92 Å². The third-order valence-electron chi connectivity index (χ3n) is 2.92. The largest absolute Gasteiger partial charge is 0.465 e. The number of carbonyl (C=O) groups is 2. The van der Waals surface area contributed by atoms with Crippen molar-refractivity contribution in [2.75, 3.05) is 7.11 Å². The number of halogens is 1. The lowest BCUT2D eigenvalue weighted by molar-refractivity contribution is 0.0600. The zero-order chi connectivity index (χ0) is 14.7. The zero-order valence-corrected chi connectivity index (χ0v) is 11.8. The molecule has 0 spiro atoms. The lowest BCUT2D eigenvalue weighted by Crippen LogP contribution is -2.08. The normalized spacial score (nSPS) is 10.3. The van der Waals surface area contributed by atoms with E-state index in [4.69, 9.17) is 11.6 Å². The minimum Gasteiger partial charge on any atom is -0.465 e. The van der Waals surface area contributed by atoms with Gasteiger partial charge in [0.05, 0.1) is 24.2 Å². The van der Waals surface area contributed by atoms with Gasteiger partial charge in [-0.15, -0.1) is 0 Å². The van der Waals surface area contributed by atoms with Crippen LogP contribution < -0.4 is 0 Å². The first-order valence-electron chi connectivity index (χ1n) is 5.92. The summed E-state index contributed by atoms with van der Waals surface area (Å²) < 4.78 is 6.33. The summed E-state index contributed by atoms with van der Waals surface area (Å²) in [6.45, 7) is 2.22. The number of hydrogen-bond donors (Lipinski definition) is 0. The second kappa shape index (κ2) is 5.88. The molecule has 2 rings (SSSR count). The molecule has 0 unspecified atom stereocenters. The van der Waals surface area contributed by atoms with E-state index in [1.54, 1.807) is 28.9 Å². The van der Waals surface area contributed by atoms with Gasteiger partial charge < -0.3 is 4.74 Å². The predicted octanol–water partition coefficient (Wildman–Crippen LogP) is 2.49. The first-order valence-corrected chi connectivity index (χ1v) is 6.30. The third-order valence-corrected chi connectivity index (χ3v) is 3.37. The molecular formula is C14H13ClN2O3. The van der Waals surface area contributed by atoms with Crippen molar-refractivity contribution >= 4 is 23.9 Å². The molecule has 0 aliphatic heterocycles. The van der Waals surface area contributed by atoms with Gasteiger partial charge in [0.2, 0.25) is 0 Å². The molecular weight excluding hydrogens is 280 g/mol. The van der Waals surface area contributed by atoms with Crippen LogP contribution >= 0.6 is 11.6 Å². The Morgan fingerprint density at radius 1 is 1.50 bits per heavy atom. The second-order valence-electron chi connectivity index (χ2n) is 4.26. The maximum atomic E-state index is 11.6. The van der Waals surface area contributed by atoms with Gasteiger partial charge in [-0.05, 0) is 24.6 Å². The van der Waals surface area contributed by atoms with E-state index in [2.05, 4.69) is 9.84 Å². The molecule has 1 aromatic heterocycles. The van der Waals surface area contributed by atoms with Crippen molar-refractivity contribution in [3.8, 4) is 0 Å². The van der Waals surface area contributed by atoms with Gasteiger partial charge >= 0.3 is 5.97 Å². The maximum absolute atomic E-state index is 11.6. The van der Waals surface area contributed by atoms with Gasteiger partial charge in [-0.3, -0.25) is 9.48 Å². The fourth-order valence-corrected chi connectivity index (χ4v) is 2.15. The molecule has 6 heteroatoms. The number of methoxy groups -OCH3 is 1. The number of esters is 1. The Labute approximate surface area is 121 Å². The van der Waals surface area contributed by atoms with Gasteiger partial charge in [-0.25, -0.2) is 4.79 Å². The summed E-state index contributed by atoms with van der Waals surface area (Å²) in [6.07, 6.45) is 0.690. The number of hydrogen-bond acceptors (Lipinski definition) is 4. The van der Waals surface area contributed by atoms with Crippen LogP contribution in [0.15, 0.2) is 24.3 Å². The van der Waals surface area contributed by atoms with Crippen molar-refractivity contribution in [1.82, 2.24) is 9.78 Å². The Morgan fingerprint density at radius 3 is 2.85 bits per heavy atom. The number of rotatable bonds is 4. The molecule has 0 saturated heterocycles. The smallest absolute Gasteiger partial charge is 0.339 e. The van der Waals surface area contributed by atoms with Crippen LogP contribution in [0.25, 0.3) is 0 Å². The fraction of sp³-hybridized carbons (Fsp3) is 0.214. The highest BCUT2D eigenvalue weighted by Crippen LogP contribution is 2.23. The highest BCUT2D eigenvalue weighted by atomic mass is 35.5.